The van der Waals surface area contributed by atoms with Crippen LogP contribution in [0.25, 0.3) is 0 Å². The third-order valence-corrected chi connectivity index (χ3v) is 3.66. The van der Waals surface area contributed by atoms with Gasteiger partial charge in [0.1, 0.15) is 0 Å². The van der Waals surface area contributed by atoms with E-state index in [1.54, 1.807) is 0 Å². The van der Waals surface area contributed by atoms with Crippen LogP contribution in [0.4, 0.5) is 0 Å². The van der Waals surface area contributed by atoms with E-state index in [0.717, 1.165) is 38.4 Å². The van der Waals surface area contributed by atoms with E-state index in [2.05, 4.69) is 31.1 Å². The zero-order chi connectivity index (χ0) is 12.7. The topological polar surface area (TPSA) is 34.1 Å². The molecule has 0 aliphatic rings. The number of nitrogens with one attached hydrogen (secondary N) is 1. The van der Waals surface area contributed by atoms with Gasteiger partial charge in [0.25, 0.3) is 0 Å². The molecule has 0 aromatic carbocycles. The first-order valence-electron chi connectivity index (χ1n) is 6.37. The van der Waals surface area contributed by atoms with E-state index in [4.69, 9.17) is 4.74 Å². The maximum atomic E-state index is 5.35. The summed E-state index contributed by atoms with van der Waals surface area (Å²) < 4.78 is 5.35. The third-order valence-electron chi connectivity index (χ3n) is 2.44. The molecule has 1 aromatic heterocycles. The second-order valence-corrected chi connectivity index (χ2v) is 5.76. The molecular formula is C13H24N2OS. The first-order valence-corrected chi connectivity index (χ1v) is 7.18. The van der Waals surface area contributed by atoms with E-state index in [1.807, 2.05) is 18.3 Å². The number of rotatable bonds is 8. The van der Waals surface area contributed by atoms with Gasteiger partial charge in [0, 0.05) is 24.4 Å². The van der Waals surface area contributed by atoms with Crippen molar-refractivity contribution in [3.05, 3.63) is 15.6 Å². The first kappa shape index (κ1) is 14.6. The van der Waals surface area contributed by atoms with Crippen LogP contribution in [0.2, 0.25) is 0 Å². The normalized spacial score (nSPS) is 11.4. The van der Waals surface area contributed by atoms with Crippen molar-refractivity contribution in [2.75, 3.05) is 19.8 Å². The highest BCUT2D eigenvalue weighted by atomic mass is 32.1. The number of aromatic nitrogens is 1. The Balaban J connectivity index is 2.39. The van der Waals surface area contributed by atoms with Gasteiger partial charge in [0.15, 0.2) is 0 Å². The summed E-state index contributed by atoms with van der Waals surface area (Å²) in [7, 11) is 0. The molecule has 0 atom stereocenters. The number of nitrogens with zero attached hydrogens (tertiary/aromatic N) is 1. The van der Waals surface area contributed by atoms with E-state index in [9.17, 15) is 0 Å². The lowest BCUT2D eigenvalue weighted by Gasteiger charge is -2.05. The molecule has 0 unspecified atom stereocenters. The lowest BCUT2D eigenvalue weighted by atomic mass is 10.2. The van der Waals surface area contributed by atoms with Gasteiger partial charge in [-0.05, 0) is 26.3 Å². The van der Waals surface area contributed by atoms with Crippen LogP contribution in [0, 0.1) is 12.8 Å². The summed E-state index contributed by atoms with van der Waals surface area (Å²) in [4.78, 5) is 5.94. The van der Waals surface area contributed by atoms with Gasteiger partial charge < -0.3 is 10.1 Å². The molecule has 1 aromatic rings. The van der Waals surface area contributed by atoms with E-state index in [0.29, 0.717) is 5.92 Å². The zero-order valence-corrected chi connectivity index (χ0v) is 12.2. The van der Waals surface area contributed by atoms with Gasteiger partial charge >= 0.3 is 0 Å². The van der Waals surface area contributed by atoms with Crippen molar-refractivity contribution in [1.82, 2.24) is 10.3 Å². The number of ether oxygens (including phenoxy) is 1. The van der Waals surface area contributed by atoms with Crippen molar-refractivity contribution >= 4 is 11.3 Å². The Morgan fingerprint density at radius 1 is 1.41 bits per heavy atom. The number of aryl methyl sites for hydroxylation is 1. The molecule has 17 heavy (non-hydrogen) atoms. The summed E-state index contributed by atoms with van der Waals surface area (Å²) in [5, 5.41) is 4.65. The minimum Gasteiger partial charge on any atom is -0.381 e. The molecule has 0 amide bonds. The van der Waals surface area contributed by atoms with Crippen LogP contribution >= 0.6 is 11.3 Å². The zero-order valence-electron chi connectivity index (χ0n) is 11.4. The van der Waals surface area contributed by atoms with Gasteiger partial charge in [-0.3, -0.25) is 0 Å². The van der Waals surface area contributed by atoms with Crippen LogP contribution < -0.4 is 5.32 Å². The molecule has 0 saturated carbocycles. The van der Waals surface area contributed by atoms with Crippen LogP contribution in [-0.4, -0.2) is 24.7 Å². The Morgan fingerprint density at radius 3 is 2.82 bits per heavy atom. The Labute approximate surface area is 109 Å². The van der Waals surface area contributed by atoms with Crippen molar-refractivity contribution in [3.63, 3.8) is 0 Å². The maximum absolute atomic E-state index is 5.35. The van der Waals surface area contributed by atoms with Crippen LogP contribution in [0.5, 0.6) is 0 Å². The molecule has 0 fully saturated rings. The minimum absolute atomic E-state index is 0.695. The summed E-state index contributed by atoms with van der Waals surface area (Å²) in [6.45, 7) is 12.1. The molecule has 1 N–H and O–H groups in total. The molecule has 1 rings (SSSR count). The Kier molecular flexibility index (Phi) is 6.70. The molecule has 0 spiro atoms. The predicted octanol–water partition coefficient (Wildman–Crippen LogP) is 2.78. The molecule has 0 aliphatic carbocycles. The van der Waals surface area contributed by atoms with Crippen molar-refractivity contribution in [1.29, 1.82) is 0 Å². The molecule has 98 valence electrons. The number of hydrogen-bond donors (Lipinski definition) is 1. The second-order valence-electron chi connectivity index (χ2n) is 4.59. The fourth-order valence-corrected chi connectivity index (χ4v) is 2.56. The highest BCUT2D eigenvalue weighted by Gasteiger charge is 2.07. The Bertz CT molecular complexity index is 323. The molecule has 0 saturated heterocycles. The molecule has 1 heterocycles. The quantitative estimate of drug-likeness (QED) is 0.726. The highest BCUT2D eigenvalue weighted by molar-refractivity contribution is 7.11. The average molecular weight is 256 g/mol. The summed E-state index contributed by atoms with van der Waals surface area (Å²) in [5.74, 6) is 0.695. The Morgan fingerprint density at radius 2 is 2.18 bits per heavy atom. The van der Waals surface area contributed by atoms with Gasteiger partial charge in [-0.15, -0.1) is 11.3 Å². The lowest BCUT2D eigenvalue weighted by Crippen LogP contribution is -2.18. The average Bonchev–Trinajstić information content (AvgIpc) is 2.60. The maximum Gasteiger partial charge on any atom is 0.0954 e. The van der Waals surface area contributed by atoms with E-state index in [1.165, 1.54) is 9.88 Å². The number of thiazole rings is 1. The monoisotopic (exact) mass is 256 g/mol. The van der Waals surface area contributed by atoms with Crippen molar-refractivity contribution in [3.8, 4) is 0 Å². The van der Waals surface area contributed by atoms with Crippen molar-refractivity contribution in [2.45, 2.75) is 40.7 Å². The lowest BCUT2D eigenvalue weighted by molar-refractivity contribution is 0.151. The van der Waals surface area contributed by atoms with Crippen molar-refractivity contribution in [2.24, 2.45) is 5.92 Å². The molecule has 0 bridgehead atoms. The van der Waals surface area contributed by atoms with Crippen LogP contribution in [0.15, 0.2) is 0 Å². The van der Waals surface area contributed by atoms with Crippen LogP contribution in [0.1, 0.15) is 36.3 Å². The third kappa shape index (κ3) is 5.61. The summed E-state index contributed by atoms with van der Waals surface area (Å²) in [5.41, 5.74) is 1.16. The molecule has 0 aliphatic heterocycles. The standard InChI is InChI=1S/C13H24N2OS/c1-5-16-7-6-13-15-11(4)12(17-13)9-14-8-10(2)3/h10,14H,5-9H2,1-4H3. The Hall–Kier alpha value is -0.450. The van der Waals surface area contributed by atoms with Crippen LogP contribution in [0.3, 0.4) is 0 Å². The predicted molar refractivity (Wildman–Crippen MR) is 73.6 cm³/mol. The van der Waals surface area contributed by atoms with Crippen molar-refractivity contribution < 1.29 is 4.74 Å². The number of hydrogen-bond acceptors (Lipinski definition) is 4. The second kappa shape index (κ2) is 7.80. The van der Waals surface area contributed by atoms with Gasteiger partial charge in [0.05, 0.1) is 17.3 Å². The first-order chi connectivity index (χ1) is 8.13. The summed E-state index contributed by atoms with van der Waals surface area (Å²) in [6.07, 6.45) is 0.934. The van der Waals surface area contributed by atoms with Gasteiger partial charge in [-0.25, -0.2) is 4.98 Å². The SMILES string of the molecule is CCOCCc1nc(C)c(CNCC(C)C)s1. The minimum atomic E-state index is 0.695. The molecular weight excluding hydrogens is 232 g/mol. The fourth-order valence-electron chi connectivity index (χ4n) is 1.54. The highest BCUT2D eigenvalue weighted by Crippen LogP contribution is 2.18. The van der Waals surface area contributed by atoms with E-state index >= 15 is 0 Å². The summed E-state index contributed by atoms with van der Waals surface area (Å²) >= 11 is 1.81. The van der Waals surface area contributed by atoms with Gasteiger partial charge in [0.2, 0.25) is 0 Å². The van der Waals surface area contributed by atoms with Gasteiger partial charge in [-0.1, -0.05) is 13.8 Å². The largest absolute Gasteiger partial charge is 0.381 e. The van der Waals surface area contributed by atoms with E-state index < -0.39 is 0 Å². The fraction of sp³-hybridized carbons (Fsp3) is 0.769. The molecule has 3 nitrogen and oxygen atoms in total. The van der Waals surface area contributed by atoms with Crippen LogP contribution in [-0.2, 0) is 17.7 Å². The smallest absolute Gasteiger partial charge is 0.0954 e. The molecule has 4 heteroatoms. The summed E-state index contributed by atoms with van der Waals surface area (Å²) in [6, 6.07) is 0. The van der Waals surface area contributed by atoms with Gasteiger partial charge in [-0.2, -0.15) is 0 Å². The molecule has 0 radical (unpaired) electrons. The van der Waals surface area contributed by atoms with E-state index in [-0.39, 0.29) is 0 Å².